The quantitative estimate of drug-likeness (QED) is 0.786. The molecule has 3 heterocycles. The summed E-state index contributed by atoms with van der Waals surface area (Å²) in [7, 11) is 0. The van der Waals surface area contributed by atoms with E-state index in [1.807, 2.05) is 16.9 Å². The standard InChI is InChI=1S/C17H19N5/c1-13-3-2-4-14(11-13)15-12-16-17(19-7-10-22(16)20-15)21-8-5-18-6-9-21/h2-4,7,10-12,18H,5-6,8-9H2,1H3. The molecular formula is C17H19N5. The van der Waals surface area contributed by atoms with Crippen molar-refractivity contribution in [2.45, 2.75) is 6.92 Å². The molecule has 0 saturated carbocycles. The van der Waals surface area contributed by atoms with Gasteiger partial charge in [-0.1, -0.05) is 23.8 Å². The maximum Gasteiger partial charge on any atom is 0.154 e. The Morgan fingerprint density at radius 2 is 2.00 bits per heavy atom. The van der Waals surface area contributed by atoms with E-state index in [1.54, 1.807) is 0 Å². The SMILES string of the molecule is Cc1cccc(-c2cc3c(N4CCNCC4)nccn3n2)c1. The van der Waals surface area contributed by atoms with Crippen LogP contribution in [0.5, 0.6) is 0 Å². The summed E-state index contributed by atoms with van der Waals surface area (Å²) in [4.78, 5) is 6.92. The first kappa shape index (κ1) is 13.3. The molecule has 0 bridgehead atoms. The fourth-order valence-corrected chi connectivity index (χ4v) is 2.97. The zero-order chi connectivity index (χ0) is 14.9. The highest BCUT2D eigenvalue weighted by atomic mass is 15.3. The molecule has 0 amide bonds. The first-order valence-electron chi connectivity index (χ1n) is 7.68. The van der Waals surface area contributed by atoms with Gasteiger partial charge in [0.2, 0.25) is 0 Å². The highest BCUT2D eigenvalue weighted by molar-refractivity contribution is 5.75. The van der Waals surface area contributed by atoms with E-state index in [-0.39, 0.29) is 0 Å². The molecule has 1 saturated heterocycles. The number of aryl methyl sites for hydroxylation is 1. The monoisotopic (exact) mass is 293 g/mol. The maximum absolute atomic E-state index is 4.71. The second-order valence-electron chi connectivity index (χ2n) is 5.72. The van der Waals surface area contributed by atoms with Crippen molar-refractivity contribution in [1.82, 2.24) is 19.9 Å². The van der Waals surface area contributed by atoms with Gasteiger partial charge in [0.1, 0.15) is 5.52 Å². The lowest BCUT2D eigenvalue weighted by Gasteiger charge is -2.28. The van der Waals surface area contributed by atoms with Crippen molar-refractivity contribution in [3.05, 3.63) is 48.3 Å². The highest BCUT2D eigenvalue weighted by Gasteiger charge is 2.16. The van der Waals surface area contributed by atoms with Gasteiger partial charge in [0.05, 0.1) is 5.69 Å². The van der Waals surface area contributed by atoms with Crippen molar-refractivity contribution in [2.75, 3.05) is 31.1 Å². The summed E-state index contributed by atoms with van der Waals surface area (Å²) < 4.78 is 1.93. The smallest absolute Gasteiger partial charge is 0.154 e. The molecule has 0 atom stereocenters. The molecule has 1 fully saturated rings. The van der Waals surface area contributed by atoms with Crippen LogP contribution in [0.3, 0.4) is 0 Å². The number of benzene rings is 1. The molecule has 3 aromatic rings. The van der Waals surface area contributed by atoms with Crippen LogP contribution in [0.2, 0.25) is 0 Å². The lowest BCUT2D eigenvalue weighted by molar-refractivity contribution is 0.585. The molecule has 0 spiro atoms. The van der Waals surface area contributed by atoms with E-state index >= 15 is 0 Å². The molecular weight excluding hydrogens is 274 g/mol. The van der Waals surface area contributed by atoms with Gasteiger partial charge in [-0.25, -0.2) is 9.50 Å². The first-order valence-corrected chi connectivity index (χ1v) is 7.68. The molecule has 1 aliphatic heterocycles. The van der Waals surface area contributed by atoms with E-state index in [4.69, 9.17) is 5.10 Å². The van der Waals surface area contributed by atoms with Gasteiger partial charge in [-0.2, -0.15) is 5.10 Å². The molecule has 22 heavy (non-hydrogen) atoms. The molecule has 5 nitrogen and oxygen atoms in total. The number of aromatic nitrogens is 3. The number of anilines is 1. The van der Waals surface area contributed by atoms with E-state index in [9.17, 15) is 0 Å². The molecule has 1 aromatic carbocycles. The number of piperazine rings is 1. The van der Waals surface area contributed by atoms with Gasteiger partial charge in [0, 0.05) is 44.1 Å². The van der Waals surface area contributed by atoms with Crippen LogP contribution in [0.15, 0.2) is 42.7 Å². The molecule has 112 valence electrons. The minimum absolute atomic E-state index is 0.984. The van der Waals surface area contributed by atoms with Crippen LogP contribution < -0.4 is 10.2 Å². The lowest BCUT2D eigenvalue weighted by atomic mass is 10.1. The molecule has 1 N–H and O–H groups in total. The van der Waals surface area contributed by atoms with Crippen LogP contribution in [0, 0.1) is 6.92 Å². The molecule has 0 radical (unpaired) electrons. The molecule has 4 rings (SSSR count). The Morgan fingerprint density at radius 3 is 2.82 bits per heavy atom. The number of hydrogen-bond donors (Lipinski definition) is 1. The van der Waals surface area contributed by atoms with Gasteiger partial charge in [0.25, 0.3) is 0 Å². The third-order valence-corrected chi connectivity index (χ3v) is 4.10. The van der Waals surface area contributed by atoms with Crippen LogP contribution in [-0.4, -0.2) is 40.8 Å². The summed E-state index contributed by atoms with van der Waals surface area (Å²) in [6, 6.07) is 10.6. The van der Waals surface area contributed by atoms with E-state index in [2.05, 4.69) is 52.5 Å². The topological polar surface area (TPSA) is 45.5 Å². The zero-order valence-corrected chi connectivity index (χ0v) is 12.7. The Morgan fingerprint density at radius 1 is 1.14 bits per heavy atom. The van der Waals surface area contributed by atoms with Gasteiger partial charge in [-0.15, -0.1) is 0 Å². The van der Waals surface area contributed by atoms with Crippen LogP contribution in [0.4, 0.5) is 5.82 Å². The third kappa shape index (κ3) is 2.33. The Balaban J connectivity index is 1.80. The highest BCUT2D eigenvalue weighted by Crippen LogP contribution is 2.25. The molecule has 2 aromatic heterocycles. The van der Waals surface area contributed by atoms with Crippen LogP contribution >= 0.6 is 0 Å². The summed E-state index contributed by atoms with van der Waals surface area (Å²) >= 11 is 0. The number of nitrogens with one attached hydrogen (secondary N) is 1. The Bertz CT molecular complexity index is 802. The van der Waals surface area contributed by atoms with E-state index in [0.717, 1.165) is 48.8 Å². The number of rotatable bonds is 2. The third-order valence-electron chi connectivity index (χ3n) is 4.10. The number of nitrogens with zero attached hydrogens (tertiary/aromatic N) is 4. The van der Waals surface area contributed by atoms with Gasteiger partial charge in [-0.05, 0) is 19.1 Å². The van der Waals surface area contributed by atoms with Crippen molar-refractivity contribution in [1.29, 1.82) is 0 Å². The molecule has 0 aliphatic carbocycles. The molecule has 1 aliphatic rings. The predicted molar refractivity (Wildman–Crippen MR) is 88.2 cm³/mol. The van der Waals surface area contributed by atoms with Crippen molar-refractivity contribution < 1.29 is 0 Å². The summed E-state index contributed by atoms with van der Waals surface area (Å²) in [5.74, 6) is 1.02. The zero-order valence-electron chi connectivity index (χ0n) is 12.7. The van der Waals surface area contributed by atoms with Gasteiger partial charge in [0.15, 0.2) is 5.82 Å². The lowest BCUT2D eigenvalue weighted by Crippen LogP contribution is -2.44. The number of hydrogen-bond acceptors (Lipinski definition) is 4. The molecule has 0 unspecified atom stereocenters. The first-order chi connectivity index (χ1) is 10.8. The van der Waals surface area contributed by atoms with Crippen LogP contribution in [-0.2, 0) is 0 Å². The second-order valence-corrected chi connectivity index (χ2v) is 5.72. The van der Waals surface area contributed by atoms with E-state index in [0.29, 0.717) is 0 Å². The summed E-state index contributed by atoms with van der Waals surface area (Å²) in [5, 5.41) is 8.09. The van der Waals surface area contributed by atoms with Gasteiger partial charge in [-0.3, -0.25) is 0 Å². The summed E-state index contributed by atoms with van der Waals surface area (Å²) in [6.45, 7) is 6.07. The van der Waals surface area contributed by atoms with E-state index in [1.165, 1.54) is 5.56 Å². The summed E-state index contributed by atoms with van der Waals surface area (Å²) in [5.41, 5.74) is 4.46. The average Bonchev–Trinajstić information content (AvgIpc) is 3.00. The van der Waals surface area contributed by atoms with Crippen molar-refractivity contribution >= 4 is 11.3 Å². The minimum atomic E-state index is 0.984. The van der Waals surface area contributed by atoms with Gasteiger partial charge < -0.3 is 10.2 Å². The Labute approximate surface area is 129 Å². The maximum atomic E-state index is 4.71. The van der Waals surface area contributed by atoms with Crippen LogP contribution in [0.1, 0.15) is 5.56 Å². The van der Waals surface area contributed by atoms with Crippen molar-refractivity contribution in [3.8, 4) is 11.3 Å². The van der Waals surface area contributed by atoms with Crippen molar-refractivity contribution in [2.24, 2.45) is 0 Å². The fourth-order valence-electron chi connectivity index (χ4n) is 2.97. The average molecular weight is 293 g/mol. The Hall–Kier alpha value is -2.40. The van der Waals surface area contributed by atoms with Gasteiger partial charge >= 0.3 is 0 Å². The summed E-state index contributed by atoms with van der Waals surface area (Å²) in [6.07, 6.45) is 3.75. The van der Waals surface area contributed by atoms with E-state index < -0.39 is 0 Å². The largest absolute Gasteiger partial charge is 0.352 e. The Kier molecular flexibility index (Phi) is 3.27. The van der Waals surface area contributed by atoms with Crippen molar-refractivity contribution in [3.63, 3.8) is 0 Å². The fraction of sp³-hybridized carbons (Fsp3) is 0.294. The molecule has 5 heteroatoms. The minimum Gasteiger partial charge on any atom is -0.352 e. The number of fused-ring (bicyclic) bond motifs is 1. The normalized spacial score (nSPS) is 15.4. The van der Waals surface area contributed by atoms with Crippen LogP contribution in [0.25, 0.3) is 16.8 Å². The second kappa shape index (κ2) is 5.42. The predicted octanol–water partition coefficient (Wildman–Crippen LogP) is 2.11.